The number of hydrogen-bond donors (Lipinski definition) is 0. The van der Waals surface area contributed by atoms with Gasteiger partial charge in [0, 0.05) is 38.7 Å². The van der Waals surface area contributed by atoms with E-state index in [0.29, 0.717) is 0 Å². The average molecular weight is 786 g/mol. The summed E-state index contributed by atoms with van der Waals surface area (Å²) in [6, 6.07) is 85.2. The second-order valence-corrected chi connectivity index (χ2v) is 16.1. The van der Waals surface area contributed by atoms with E-state index < -0.39 is 0 Å². The zero-order valence-corrected chi connectivity index (χ0v) is 33.6. The summed E-state index contributed by atoms with van der Waals surface area (Å²) in [6.45, 7) is 0. The number of para-hydroxylation sites is 3. The molecule has 1 aliphatic rings. The molecule has 4 heteroatoms. The highest BCUT2D eigenvalue weighted by Crippen LogP contribution is 2.55. The molecule has 0 amide bonds. The number of rotatable bonds is 8. The Morgan fingerprint density at radius 2 is 0.850 bits per heavy atom. The number of aromatic nitrogens is 1. The van der Waals surface area contributed by atoms with Gasteiger partial charge in [0.15, 0.2) is 0 Å². The normalized spacial score (nSPS) is 11.9. The third-order valence-electron chi connectivity index (χ3n) is 11.4. The summed E-state index contributed by atoms with van der Waals surface area (Å²) in [5, 5.41) is 1.25. The zero-order chi connectivity index (χ0) is 39.8. The molecule has 0 spiro atoms. The Morgan fingerprint density at radius 1 is 0.350 bits per heavy atom. The SMILES string of the molecule is c1ccc(-c2ccc(N(c3ccc(-c4ccccc4)cc3)c3cccc(-c4ccc(N5c6ccccc6Sc6c5n(-c5ccccc5)c5ccccc65)cc4)c3)cc2)cc1. The van der Waals surface area contributed by atoms with Crippen molar-refractivity contribution < 1.29 is 0 Å². The molecule has 0 fully saturated rings. The van der Waals surface area contributed by atoms with Gasteiger partial charge in [-0.1, -0.05) is 169 Å². The maximum absolute atomic E-state index is 2.44. The predicted molar refractivity (Wildman–Crippen MR) is 253 cm³/mol. The van der Waals surface area contributed by atoms with Gasteiger partial charge in [-0.3, -0.25) is 9.47 Å². The quantitative estimate of drug-likeness (QED) is 0.152. The molecule has 0 radical (unpaired) electrons. The first kappa shape index (κ1) is 35.6. The van der Waals surface area contributed by atoms with E-state index in [4.69, 9.17) is 0 Å². The Labute approximate surface area is 355 Å². The maximum Gasteiger partial charge on any atom is 0.137 e. The van der Waals surface area contributed by atoms with Crippen molar-refractivity contribution in [2.45, 2.75) is 9.79 Å². The summed E-state index contributed by atoms with van der Waals surface area (Å²) < 4.78 is 2.42. The molecule has 0 N–H and O–H groups in total. The Kier molecular flexibility index (Phi) is 9.10. The molecule has 0 bridgehead atoms. The van der Waals surface area contributed by atoms with Gasteiger partial charge in [-0.15, -0.1) is 0 Å². The lowest BCUT2D eigenvalue weighted by atomic mass is 10.0. The molecular formula is C56H39N3S. The average Bonchev–Trinajstić information content (AvgIpc) is 3.66. The summed E-state index contributed by atoms with van der Waals surface area (Å²) in [4.78, 5) is 7.30. The van der Waals surface area contributed by atoms with Crippen molar-refractivity contribution in [3.05, 3.63) is 237 Å². The van der Waals surface area contributed by atoms with Crippen LogP contribution in [0, 0.1) is 0 Å². The topological polar surface area (TPSA) is 11.4 Å². The highest BCUT2D eigenvalue weighted by molar-refractivity contribution is 8.00. The lowest BCUT2D eigenvalue weighted by Gasteiger charge is -2.33. The van der Waals surface area contributed by atoms with Crippen LogP contribution in [0.4, 0.5) is 34.3 Å². The van der Waals surface area contributed by atoms with Gasteiger partial charge in [0.05, 0.1) is 16.1 Å². The molecule has 1 aliphatic heterocycles. The lowest BCUT2D eigenvalue weighted by molar-refractivity contribution is 1.03. The summed E-state index contributed by atoms with van der Waals surface area (Å²) in [6.07, 6.45) is 0. The molecular weight excluding hydrogens is 747 g/mol. The number of nitrogens with zero attached hydrogens (tertiary/aromatic N) is 3. The summed E-state index contributed by atoms with van der Waals surface area (Å²) >= 11 is 1.86. The van der Waals surface area contributed by atoms with Crippen molar-refractivity contribution in [3.8, 4) is 39.1 Å². The molecule has 284 valence electrons. The third kappa shape index (κ3) is 6.44. The minimum atomic E-state index is 1.09. The number of hydrogen-bond acceptors (Lipinski definition) is 3. The highest BCUT2D eigenvalue weighted by atomic mass is 32.2. The van der Waals surface area contributed by atoms with Crippen LogP contribution in [-0.2, 0) is 0 Å². The minimum absolute atomic E-state index is 1.09. The Balaban J connectivity index is 0.988. The van der Waals surface area contributed by atoms with Crippen molar-refractivity contribution in [1.29, 1.82) is 0 Å². The van der Waals surface area contributed by atoms with Crippen molar-refractivity contribution in [3.63, 3.8) is 0 Å². The highest BCUT2D eigenvalue weighted by Gasteiger charge is 2.31. The van der Waals surface area contributed by atoms with Crippen molar-refractivity contribution >= 4 is 56.9 Å². The van der Waals surface area contributed by atoms with Gasteiger partial charge in [-0.2, -0.15) is 0 Å². The lowest BCUT2D eigenvalue weighted by Crippen LogP contribution is -2.17. The molecule has 1 aromatic heterocycles. The molecule has 0 unspecified atom stereocenters. The fourth-order valence-electron chi connectivity index (χ4n) is 8.49. The van der Waals surface area contributed by atoms with Crippen LogP contribution in [0.1, 0.15) is 0 Å². The zero-order valence-electron chi connectivity index (χ0n) is 32.8. The Morgan fingerprint density at radius 3 is 1.50 bits per heavy atom. The predicted octanol–water partition coefficient (Wildman–Crippen LogP) is 16.0. The van der Waals surface area contributed by atoms with Gasteiger partial charge < -0.3 is 4.90 Å². The first-order valence-electron chi connectivity index (χ1n) is 20.3. The van der Waals surface area contributed by atoms with E-state index in [0.717, 1.165) is 45.4 Å². The number of anilines is 6. The smallest absolute Gasteiger partial charge is 0.137 e. The fraction of sp³-hybridized carbons (Fsp3) is 0. The summed E-state index contributed by atoms with van der Waals surface area (Å²) in [7, 11) is 0. The Bertz CT molecular complexity index is 3000. The fourth-order valence-corrected chi connectivity index (χ4v) is 9.68. The second-order valence-electron chi connectivity index (χ2n) is 15.0. The van der Waals surface area contributed by atoms with Gasteiger partial charge in [-0.25, -0.2) is 0 Å². The van der Waals surface area contributed by atoms with Crippen LogP contribution in [-0.4, -0.2) is 4.57 Å². The monoisotopic (exact) mass is 785 g/mol. The number of fused-ring (bicyclic) bond motifs is 4. The van der Waals surface area contributed by atoms with Crippen LogP contribution in [0.2, 0.25) is 0 Å². The van der Waals surface area contributed by atoms with Crippen LogP contribution in [0.5, 0.6) is 0 Å². The van der Waals surface area contributed by atoms with Crippen LogP contribution < -0.4 is 9.80 Å². The molecule has 0 saturated carbocycles. The molecule has 0 atom stereocenters. The molecule has 0 saturated heterocycles. The number of benzene rings is 9. The van der Waals surface area contributed by atoms with E-state index in [1.807, 2.05) is 11.8 Å². The van der Waals surface area contributed by atoms with Crippen LogP contribution in [0.3, 0.4) is 0 Å². The molecule has 11 rings (SSSR count). The standard InChI is InChI=1S/C56H39N3S/c1-4-15-40(16-5-1)42-27-33-47(34-28-42)57(48-35-29-43(30-36-48)41-17-6-2-7-18-41)50-22-14-19-45(39-50)44-31-37-49(38-32-44)59-53-25-12-13-26-54(53)60-55-51-23-10-11-24-52(51)58(56(55)59)46-20-8-3-9-21-46/h1-39H. The molecule has 0 aliphatic carbocycles. The molecule has 60 heavy (non-hydrogen) atoms. The van der Waals surface area contributed by atoms with Gasteiger partial charge in [0.1, 0.15) is 5.82 Å². The van der Waals surface area contributed by atoms with Gasteiger partial charge in [0.25, 0.3) is 0 Å². The summed E-state index contributed by atoms with van der Waals surface area (Å²) in [5.41, 5.74) is 15.0. The molecule has 10 aromatic rings. The van der Waals surface area contributed by atoms with E-state index in [1.54, 1.807) is 0 Å². The van der Waals surface area contributed by atoms with Crippen molar-refractivity contribution in [2.75, 3.05) is 9.80 Å². The third-order valence-corrected chi connectivity index (χ3v) is 12.5. The van der Waals surface area contributed by atoms with E-state index in [-0.39, 0.29) is 0 Å². The van der Waals surface area contributed by atoms with E-state index in [1.165, 1.54) is 48.6 Å². The van der Waals surface area contributed by atoms with Crippen LogP contribution in [0.15, 0.2) is 246 Å². The van der Waals surface area contributed by atoms with Gasteiger partial charge in [-0.05, 0) is 112 Å². The Hall–Kier alpha value is -7.53. The van der Waals surface area contributed by atoms with Crippen molar-refractivity contribution in [1.82, 2.24) is 4.57 Å². The first-order chi connectivity index (χ1) is 29.8. The van der Waals surface area contributed by atoms with Crippen molar-refractivity contribution in [2.24, 2.45) is 0 Å². The van der Waals surface area contributed by atoms with Crippen LogP contribution in [0.25, 0.3) is 50.0 Å². The molecule has 2 heterocycles. The minimum Gasteiger partial charge on any atom is -0.310 e. The van der Waals surface area contributed by atoms with Gasteiger partial charge >= 0.3 is 0 Å². The van der Waals surface area contributed by atoms with Gasteiger partial charge in [0.2, 0.25) is 0 Å². The maximum atomic E-state index is 2.44. The van der Waals surface area contributed by atoms with E-state index in [2.05, 4.69) is 251 Å². The summed E-state index contributed by atoms with van der Waals surface area (Å²) in [5.74, 6) is 1.16. The molecule has 3 nitrogen and oxygen atoms in total. The van der Waals surface area contributed by atoms with E-state index in [9.17, 15) is 0 Å². The first-order valence-corrected chi connectivity index (χ1v) is 21.2. The molecule has 9 aromatic carbocycles. The second kappa shape index (κ2) is 15.3. The van der Waals surface area contributed by atoms with E-state index >= 15 is 0 Å². The van der Waals surface area contributed by atoms with Crippen LogP contribution >= 0.6 is 11.8 Å². The largest absolute Gasteiger partial charge is 0.310 e.